The minimum absolute atomic E-state index is 0.0783. The van der Waals surface area contributed by atoms with Gasteiger partial charge in [0.2, 0.25) is 11.8 Å². The molecule has 9 nitrogen and oxygen atoms in total. The van der Waals surface area contributed by atoms with Gasteiger partial charge in [-0.1, -0.05) is 11.8 Å². The number of hydrogen-bond donors (Lipinski definition) is 2. The zero-order valence-electron chi connectivity index (χ0n) is 13.1. The van der Waals surface area contributed by atoms with Gasteiger partial charge in [0.15, 0.2) is 5.17 Å². The first-order valence-corrected chi connectivity index (χ1v) is 7.96. The maximum Gasteiger partial charge on any atom is 0.271 e. The van der Waals surface area contributed by atoms with E-state index in [2.05, 4.69) is 15.6 Å². The van der Waals surface area contributed by atoms with E-state index in [1.807, 2.05) is 6.92 Å². The van der Waals surface area contributed by atoms with E-state index in [1.165, 1.54) is 37.1 Å². The van der Waals surface area contributed by atoms with Crippen molar-refractivity contribution in [2.45, 2.75) is 18.6 Å². The Morgan fingerprint density at radius 1 is 1.54 bits per heavy atom. The number of hydrogen-bond acceptors (Lipinski definition) is 7. The summed E-state index contributed by atoms with van der Waals surface area (Å²) >= 11 is 1.19. The van der Waals surface area contributed by atoms with Crippen molar-refractivity contribution in [2.75, 3.05) is 19.0 Å². The van der Waals surface area contributed by atoms with Gasteiger partial charge >= 0.3 is 0 Å². The molecule has 0 saturated carbocycles. The Hall–Kier alpha value is -2.62. The molecule has 24 heavy (non-hydrogen) atoms. The maximum absolute atomic E-state index is 12.2. The van der Waals surface area contributed by atoms with E-state index in [0.29, 0.717) is 17.5 Å². The van der Waals surface area contributed by atoms with Crippen LogP contribution in [0.1, 0.15) is 13.3 Å². The third-order valence-electron chi connectivity index (χ3n) is 3.12. The fourth-order valence-electron chi connectivity index (χ4n) is 2.04. The highest BCUT2D eigenvalue weighted by Crippen LogP contribution is 2.30. The van der Waals surface area contributed by atoms with Gasteiger partial charge in [0, 0.05) is 25.1 Å². The van der Waals surface area contributed by atoms with Crippen LogP contribution in [-0.4, -0.2) is 40.8 Å². The van der Waals surface area contributed by atoms with Gasteiger partial charge in [0.25, 0.3) is 5.69 Å². The molecule has 0 aliphatic carbocycles. The number of ether oxygens (including phenoxy) is 1. The molecule has 128 valence electrons. The SMILES string of the molecule is CCN=C1NC(=O)[C@H](CC(=O)Nc2cc([N+](=O)[O-])ccc2OC)S1. The van der Waals surface area contributed by atoms with E-state index in [4.69, 9.17) is 4.74 Å². The lowest BCUT2D eigenvalue weighted by Gasteiger charge is -2.11. The number of benzene rings is 1. The lowest BCUT2D eigenvalue weighted by Crippen LogP contribution is -2.28. The smallest absolute Gasteiger partial charge is 0.271 e. The maximum atomic E-state index is 12.2. The number of non-ortho nitro benzene ring substituents is 1. The Morgan fingerprint density at radius 2 is 2.29 bits per heavy atom. The average Bonchev–Trinajstić information content (AvgIpc) is 2.87. The number of carbonyl (C=O) groups is 2. The van der Waals surface area contributed by atoms with Crippen molar-refractivity contribution < 1.29 is 19.2 Å². The van der Waals surface area contributed by atoms with Crippen LogP contribution in [0, 0.1) is 10.1 Å². The second-order valence-electron chi connectivity index (χ2n) is 4.77. The first-order chi connectivity index (χ1) is 11.4. The second-order valence-corrected chi connectivity index (χ2v) is 5.96. The number of nitro groups is 1. The summed E-state index contributed by atoms with van der Waals surface area (Å²) in [6.45, 7) is 2.38. The molecular weight excluding hydrogens is 336 g/mol. The summed E-state index contributed by atoms with van der Waals surface area (Å²) < 4.78 is 5.08. The van der Waals surface area contributed by atoms with E-state index < -0.39 is 16.1 Å². The van der Waals surface area contributed by atoms with Crippen LogP contribution in [-0.2, 0) is 9.59 Å². The molecule has 0 bridgehead atoms. The van der Waals surface area contributed by atoms with Crippen molar-refractivity contribution in [2.24, 2.45) is 4.99 Å². The summed E-state index contributed by atoms with van der Waals surface area (Å²) in [6.07, 6.45) is -0.0783. The predicted molar refractivity (Wildman–Crippen MR) is 90.4 cm³/mol. The lowest BCUT2D eigenvalue weighted by molar-refractivity contribution is -0.384. The number of anilines is 1. The Bertz CT molecular complexity index is 706. The van der Waals surface area contributed by atoms with Crippen molar-refractivity contribution in [3.05, 3.63) is 28.3 Å². The van der Waals surface area contributed by atoms with Gasteiger partial charge in [-0.2, -0.15) is 0 Å². The molecule has 1 aromatic carbocycles. The Labute approximate surface area is 142 Å². The molecular formula is C14H16N4O5S. The van der Waals surface area contributed by atoms with Crippen LogP contribution in [0.3, 0.4) is 0 Å². The molecule has 0 radical (unpaired) electrons. The van der Waals surface area contributed by atoms with E-state index in [1.54, 1.807) is 0 Å². The van der Waals surface area contributed by atoms with Gasteiger partial charge in [0.1, 0.15) is 11.0 Å². The number of nitrogens with one attached hydrogen (secondary N) is 2. The summed E-state index contributed by atoms with van der Waals surface area (Å²) in [5.74, 6) is -0.432. The van der Waals surface area contributed by atoms with Crippen LogP contribution in [0.25, 0.3) is 0 Å². The predicted octanol–water partition coefficient (Wildman–Crippen LogP) is 1.54. The van der Waals surface area contributed by atoms with Crippen LogP contribution in [0.4, 0.5) is 11.4 Å². The second kappa shape index (κ2) is 7.77. The molecule has 1 aliphatic rings. The largest absolute Gasteiger partial charge is 0.495 e. The third kappa shape index (κ3) is 4.22. The number of nitro benzene ring substituents is 1. The summed E-state index contributed by atoms with van der Waals surface area (Å²) in [7, 11) is 1.39. The summed E-state index contributed by atoms with van der Waals surface area (Å²) in [5.41, 5.74) is 0.0130. The van der Waals surface area contributed by atoms with Gasteiger partial charge in [-0.25, -0.2) is 0 Å². The van der Waals surface area contributed by atoms with E-state index >= 15 is 0 Å². The van der Waals surface area contributed by atoms with E-state index in [9.17, 15) is 19.7 Å². The quantitative estimate of drug-likeness (QED) is 0.591. The molecule has 10 heteroatoms. The molecule has 1 heterocycles. The van der Waals surface area contributed by atoms with E-state index in [0.717, 1.165) is 0 Å². The molecule has 1 atom stereocenters. The topological polar surface area (TPSA) is 123 Å². The number of aliphatic imine (C=N–C) groups is 1. The number of carbonyl (C=O) groups excluding carboxylic acids is 2. The van der Waals surface area contributed by atoms with Crippen LogP contribution in [0.2, 0.25) is 0 Å². The van der Waals surface area contributed by atoms with Gasteiger partial charge < -0.3 is 15.4 Å². The van der Waals surface area contributed by atoms with Crippen LogP contribution in [0.15, 0.2) is 23.2 Å². The number of rotatable bonds is 6. The lowest BCUT2D eigenvalue weighted by atomic mass is 10.2. The molecule has 1 saturated heterocycles. The fraction of sp³-hybridized carbons (Fsp3) is 0.357. The van der Waals surface area contributed by atoms with Crippen molar-refractivity contribution in [3.63, 3.8) is 0 Å². The van der Waals surface area contributed by atoms with Crippen LogP contribution >= 0.6 is 11.8 Å². The van der Waals surface area contributed by atoms with Crippen molar-refractivity contribution in [1.82, 2.24) is 5.32 Å². The fourth-order valence-corrected chi connectivity index (χ4v) is 3.07. The highest BCUT2D eigenvalue weighted by molar-refractivity contribution is 8.15. The Morgan fingerprint density at radius 3 is 2.92 bits per heavy atom. The number of thioether (sulfide) groups is 1. The summed E-state index contributed by atoms with van der Waals surface area (Å²) in [5, 5.41) is 15.9. The first-order valence-electron chi connectivity index (χ1n) is 7.08. The number of amidine groups is 1. The Kier molecular flexibility index (Phi) is 5.74. The molecule has 2 amide bonds. The van der Waals surface area contributed by atoms with Gasteiger partial charge in [-0.05, 0) is 13.0 Å². The van der Waals surface area contributed by atoms with Crippen LogP contribution in [0.5, 0.6) is 5.75 Å². The number of nitrogens with zero attached hydrogens (tertiary/aromatic N) is 2. The van der Waals surface area contributed by atoms with Crippen molar-refractivity contribution in [3.8, 4) is 5.75 Å². The molecule has 1 aromatic rings. The standard InChI is InChI=1S/C14H16N4O5S/c1-3-15-14-17-13(20)11(24-14)7-12(19)16-9-6-8(18(21)22)4-5-10(9)23-2/h4-6,11H,3,7H2,1-2H3,(H,16,19)(H,15,17,20)/t11-/m0/s1. The number of amides is 2. The third-order valence-corrected chi connectivity index (χ3v) is 4.24. The molecule has 1 fully saturated rings. The van der Waals surface area contributed by atoms with Gasteiger partial charge in [-0.3, -0.25) is 24.7 Å². The number of methoxy groups -OCH3 is 1. The Balaban J connectivity index is 2.07. The van der Waals surface area contributed by atoms with E-state index in [-0.39, 0.29) is 23.7 Å². The molecule has 0 aromatic heterocycles. The highest BCUT2D eigenvalue weighted by atomic mass is 32.2. The average molecular weight is 352 g/mol. The molecule has 1 aliphatic heterocycles. The molecule has 2 N–H and O–H groups in total. The van der Waals surface area contributed by atoms with Crippen molar-refractivity contribution >= 4 is 40.1 Å². The zero-order chi connectivity index (χ0) is 17.7. The normalized spacial score (nSPS) is 18.3. The van der Waals surface area contributed by atoms with Crippen molar-refractivity contribution in [1.29, 1.82) is 0 Å². The summed E-state index contributed by atoms with van der Waals surface area (Å²) in [6, 6.07) is 3.89. The first kappa shape index (κ1) is 17.7. The highest BCUT2D eigenvalue weighted by Gasteiger charge is 2.32. The minimum Gasteiger partial charge on any atom is -0.495 e. The van der Waals surface area contributed by atoms with Gasteiger partial charge in [-0.15, -0.1) is 0 Å². The minimum atomic E-state index is -0.583. The zero-order valence-corrected chi connectivity index (χ0v) is 13.9. The summed E-state index contributed by atoms with van der Waals surface area (Å²) in [4.78, 5) is 38.3. The monoisotopic (exact) mass is 352 g/mol. The molecule has 0 unspecified atom stereocenters. The van der Waals surface area contributed by atoms with Gasteiger partial charge in [0.05, 0.1) is 17.7 Å². The molecule has 0 spiro atoms. The molecule has 2 rings (SSSR count). The van der Waals surface area contributed by atoms with Crippen LogP contribution < -0.4 is 15.4 Å².